The van der Waals surface area contributed by atoms with Gasteiger partial charge in [-0.25, -0.2) is 4.79 Å². The molecule has 1 rings (SSSR count). The van der Waals surface area contributed by atoms with Gasteiger partial charge in [-0.15, -0.1) is 0 Å². The van der Waals surface area contributed by atoms with Crippen molar-refractivity contribution < 1.29 is 14.3 Å². The zero-order chi connectivity index (χ0) is 15.7. The summed E-state index contributed by atoms with van der Waals surface area (Å²) in [5.41, 5.74) is 6.76. The first-order chi connectivity index (χ1) is 10.0. The number of nitrogens with two attached hydrogens (primary N) is 1. The van der Waals surface area contributed by atoms with E-state index < -0.39 is 5.91 Å². The number of benzene rings is 1. The average Bonchev–Trinajstić information content (AvgIpc) is 2.46. The standard InChI is InChI=1S/C14H22N4O3/c1-10(16-2)11-3-5-12(6-4-11)18-14(20)17-7-8-21-9-13(15)19/h3-6,10,16H,7-9H2,1-2H3,(H2,15,19)(H2,17,18,20). The molecule has 0 saturated heterocycles. The Hall–Kier alpha value is -2.12. The quantitative estimate of drug-likeness (QED) is 0.527. The summed E-state index contributed by atoms with van der Waals surface area (Å²) in [6, 6.07) is 7.51. The van der Waals surface area contributed by atoms with Gasteiger partial charge in [0.25, 0.3) is 0 Å². The highest BCUT2D eigenvalue weighted by molar-refractivity contribution is 5.89. The number of carbonyl (C=O) groups is 2. The Morgan fingerprint density at radius 2 is 1.95 bits per heavy atom. The van der Waals surface area contributed by atoms with E-state index in [2.05, 4.69) is 22.9 Å². The highest BCUT2D eigenvalue weighted by atomic mass is 16.5. The van der Waals surface area contributed by atoms with Crippen LogP contribution in [0.15, 0.2) is 24.3 Å². The number of hydrogen-bond donors (Lipinski definition) is 4. The molecule has 1 aromatic rings. The Bertz CT molecular complexity index is 462. The van der Waals surface area contributed by atoms with Crippen LogP contribution in [-0.2, 0) is 9.53 Å². The molecule has 7 heteroatoms. The molecule has 3 amide bonds. The number of carbonyl (C=O) groups excluding carboxylic acids is 2. The third-order valence-electron chi connectivity index (χ3n) is 2.88. The molecule has 0 bridgehead atoms. The molecule has 0 fully saturated rings. The van der Waals surface area contributed by atoms with Crippen molar-refractivity contribution in [1.29, 1.82) is 0 Å². The van der Waals surface area contributed by atoms with E-state index in [4.69, 9.17) is 10.5 Å². The van der Waals surface area contributed by atoms with Crippen LogP contribution in [0, 0.1) is 0 Å². The molecule has 0 aliphatic heterocycles. The van der Waals surface area contributed by atoms with Gasteiger partial charge in [0.1, 0.15) is 6.61 Å². The second kappa shape index (κ2) is 8.93. The second-order valence-corrected chi connectivity index (χ2v) is 4.53. The fourth-order valence-electron chi connectivity index (χ4n) is 1.61. The predicted molar refractivity (Wildman–Crippen MR) is 81.0 cm³/mol. The fourth-order valence-corrected chi connectivity index (χ4v) is 1.61. The second-order valence-electron chi connectivity index (χ2n) is 4.53. The van der Waals surface area contributed by atoms with Gasteiger partial charge in [0.15, 0.2) is 0 Å². The first-order valence-electron chi connectivity index (χ1n) is 6.71. The SMILES string of the molecule is CNC(C)c1ccc(NC(=O)NCCOCC(N)=O)cc1. The molecule has 1 atom stereocenters. The van der Waals surface area contributed by atoms with Crippen LogP contribution >= 0.6 is 0 Å². The molecule has 0 spiro atoms. The van der Waals surface area contributed by atoms with Crippen LogP contribution < -0.4 is 21.7 Å². The Labute approximate surface area is 124 Å². The van der Waals surface area contributed by atoms with Crippen molar-refractivity contribution in [3.8, 4) is 0 Å². The van der Waals surface area contributed by atoms with Crippen molar-refractivity contribution in [3.63, 3.8) is 0 Å². The van der Waals surface area contributed by atoms with Crippen molar-refractivity contribution in [1.82, 2.24) is 10.6 Å². The molecular formula is C14H22N4O3. The minimum atomic E-state index is -0.532. The molecule has 5 N–H and O–H groups in total. The summed E-state index contributed by atoms with van der Waals surface area (Å²) >= 11 is 0. The van der Waals surface area contributed by atoms with Crippen LogP contribution in [0.25, 0.3) is 0 Å². The van der Waals surface area contributed by atoms with E-state index in [1.54, 1.807) is 0 Å². The van der Waals surface area contributed by atoms with Crippen molar-refractivity contribution >= 4 is 17.6 Å². The Morgan fingerprint density at radius 1 is 1.29 bits per heavy atom. The van der Waals surface area contributed by atoms with Crippen molar-refractivity contribution in [2.75, 3.05) is 32.1 Å². The summed E-state index contributed by atoms with van der Waals surface area (Å²) in [4.78, 5) is 22.0. The lowest BCUT2D eigenvalue weighted by atomic mass is 10.1. The maximum Gasteiger partial charge on any atom is 0.319 e. The zero-order valence-electron chi connectivity index (χ0n) is 12.3. The van der Waals surface area contributed by atoms with Crippen molar-refractivity contribution in [2.45, 2.75) is 13.0 Å². The van der Waals surface area contributed by atoms with Gasteiger partial charge >= 0.3 is 6.03 Å². The number of rotatable bonds is 8. The first kappa shape index (κ1) is 16.9. The number of urea groups is 1. The molecule has 21 heavy (non-hydrogen) atoms. The number of nitrogens with one attached hydrogen (secondary N) is 3. The van der Waals surface area contributed by atoms with Gasteiger partial charge in [0.05, 0.1) is 6.61 Å². The molecule has 0 radical (unpaired) electrons. The lowest BCUT2D eigenvalue weighted by Crippen LogP contribution is -2.32. The molecule has 116 valence electrons. The molecule has 0 saturated carbocycles. The van der Waals surface area contributed by atoms with Gasteiger partial charge in [0.2, 0.25) is 5.91 Å². The summed E-state index contributed by atoms with van der Waals surface area (Å²) < 4.78 is 4.93. The average molecular weight is 294 g/mol. The Morgan fingerprint density at radius 3 is 2.52 bits per heavy atom. The van der Waals surface area contributed by atoms with Crippen LogP contribution in [0.5, 0.6) is 0 Å². The van der Waals surface area contributed by atoms with Crippen LogP contribution in [0.2, 0.25) is 0 Å². The van der Waals surface area contributed by atoms with Crippen LogP contribution in [-0.4, -0.2) is 38.7 Å². The minimum absolute atomic E-state index is 0.144. The van der Waals surface area contributed by atoms with Gasteiger partial charge < -0.3 is 26.4 Å². The first-order valence-corrected chi connectivity index (χ1v) is 6.71. The third-order valence-corrected chi connectivity index (χ3v) is 2.88. The fraction of sp³-hybridized carbons (Fsp3) is 0.429. The molecule has 1 aromatic carbocycles. The Balaban J connectivity index is 2.29. The smallest absolute Gasteiger partial charge is 0.319 e. The van der Waals surface area contributed by atoms with Gasteiger partial charge in [0, 0.05) is 18.3 Å². The highest BCUT2D eigenvalue weighted by Crippen LogP contribution is 2.15. The lowest BCUT2D eigenvalue weighted by Gasteiger charge is -2.12. The molecule has 7 nitrogen and oxygen atoms in total. The van der Waals surface area contributed by atoms with E-state index in [-0.39, 0.29) is 25.3 Å². The van der Waals surface area contributed by atoms with Crippen LogP contribution in [0.1, 0.15) is 18.5 Å². The lowest BCUT2D eigenvalue weighted by molar-refractivity contribution is -0.122. The van der Waals surface area contributed by atoms with Crippen LogP contribution in [0.3, 0.4) is 0 Å². The van der Waals surface area contributed by atoms with Gasteiger partial charge in [-0.1, -0.05) is 12.1 Å². The number of hydrogen-bond acceptors (Lipinski definition) is 4. The maximum absolute atomic E-state index is 11.6. The van der Waals surface area contributed by atoms with Crippen molar-refractivity contribution in [3.05, 3.63) is 29.8 Å². The minimum Gasteiger partial charge on any atom is -0.370 e. The molecule has 1 unspecified atom stereocenters. The number of anilines is 1. The monoisotopic (exact) mass is 294 g/mol. The van der Waals surface area contributed by atoms with Gasteiger partial charge in [-0.3, -0.25) is 4.79 Å². The van der Waals surface area contributed by atoms with E-state index in [1.807, 2.05) is 31.3 Å². The summed E-state index contributed by atoms with van der Waals surface area (Å²) in [6.07, 6.45) is 0. The molecule has 0 heterocycles. The Kier molecular flexibility index (Phi) is 7.20. The number of primary amides is 1. The highest BCUT2D eigenvalue weighted by Gasteiger charge is 2.04. The predicted octanol–water partition coefficient (Wildman–Crippen LogP) is 0.590. The van der Waals surface area contributed by atoms with Gasteiger partial charge in [-0.2, -0.15) is 0 Å². The number of amides is 3. The van der Waals surface area contributed by atoms with Crippen molar-refractivity contribution in [2.24, 2.45) is 5.73 Å². The molecule has 0 aromatic heterocycles. The van der Waals surface area contributed by atoms with E-state index in [9.17, 15) is 9.59 Å². The van der Waals surface area contributed by atoms with E-state index in [0.29, 0.717) is 12.2 Å². The van der Waals surface area contributed by atoms with E-state index in [0.717, 1.165) is 5.56 Å². The zero-order valence-corrected chi connectivity index (χ0v) is 12.3. The summed E-state index contributed by atoms with van der Waals surface area (Å²) in [6.45, 7) is 2.44. The van der Waals surface area contributed by atoms with E-state index >= 15 is 0 Å². The summed E-state index contributed by atoms with van der Waals surface area (Å²) in [5, 5.41) is 8.46. The molecule has 0 aliphatic carbocycles. The molecular weight excluding hydrogens is 272 g/mol. The summed E-state index contributed by atoms with van der Waals surface area (Å²) in [7, 11) is 1.89. The summed E-state index contributed by atoms with van der Waals surface area (Å²) in [5.74, 6) is -0.532. The number of ether oxygens (including phenoxy) is 1. The molecule has 0 aliphatic rings. The van der Waals surface area contributed by atoms with Gasteiger partial charge in [-0.05, 0) is 31.7 Å². The van der Waals surface area contributed by atoms with Crippen LogP contribution in [0.4, 0.5) is 10.5 Å². The largest absolute Gasteiger partial charge is 0.370 e. The topological polar surface area (TPSA) is 105 Å². The maximum atomic E-state index is 11.6. The third kappa shape index (κ3) is 6.73. The normalized spacial score (nSPS) is 11.7. The van der Waals surface area contributed by atoms with E-state index in [1.165, 1.54) is 0 Å².